The lowest BCUT2D eigenvalue weighted by Crippen LogP contribution is -2.25. The van der Waals surface area contributed by atoms with Gasteiger partial charge in [-0.15, -0.1) is 0 Å². The number of hydrogen-bond acceptors (Lipinski definition) is 5. The molecule has 0 bridgehead atoms. The van der Waals surface area contributed by atoms with Gasteiger partial charge in [0.25, 0.3) is 5.91 Å². The Hall–Kier alpha value is -3.82. The molecule has 0 spiro atoms. The van der Waals surface area contributed by atoms with Crippen LogP contribution in [-0.2, 0) is 17.3 Å². The van der Waals surface area contributed by atoms with Crippen LogP contribution in [-0.4, -0.2) is 39.9 Å². The summed E-state index contributed by atoms with van der Waals surface area (Å²) >= 11 is 0. The largest absolute Gasteiger partial charge is 0.508 e. The fourth-order valence-electron chi connectivity index (χ4n) is 3.06. The number of benzene rings is 2. The molecule has 2 aromatic carbocycles. The minimum atomic E-state index is -4.85. The number of alkyl halides is 3. The molecule has 0 aliphatic carbocycles. The molecule has 1 amide bonds. The highest BCUT2D eigenvalue weighted by atomic mass is 19.4. The van der Waals surface area contributed by atoms with Crippen molar-refractivity contribution >= 4 is 11.9 Å². The van der Waals surface area contributed by atoms with Crippen LogP contribution in [0, 0.1) is 0 Å². The van der Waals surface area contributed by atoms with Crippen LogP contribution in [0.2, 0.25) is 0 Å². The third-order valence-electron chi connectivity index (χ3n) is 4.52. The van der Waals surface area contributed by atoms with Crippen molar-refractivity contribution in [2.24, 2.45) is 0 Å². The number of nitrogens with zero attached hydrogens (tertiary/aromatic N) is 2. The number of phenols is 1. The van der Waals surface area contributed by atoms with Crippen molar-refractivity contribution in [3.8, 4) is 11.4 Å². The lowest BCUT2D eigenvalue weighted by molar-refractivity contribution is -0.143. The first kappa shape index (κ1) is 22.9. The van der Waals surface area contributed by atoms with E-state index in [-0.39, 0.29) is 23.6 Å². The van der Waals surface area contributed by atoms with E-state index in [4.69, 9.17) is 0 Å². The summed E-state index contributed by atoms with van der Waals surface area (Å²) in [5, 5.41) is 15.9. The number of ether oxygens (including phenoxy) is 1. The highest BCUT2D eigenvalue weighted by Crippen LogP contribution is 2.34. The number of carbonyl (C=O) groups excluding carboxylic acids is 2. The van der Waals surface area contributed by atoms with Crippen molar-refractivity contribution in [3.05, 3.63) is 77.1 Å². The normalized spacial score (nSPS) is 11.2. The molecule has 0 aliphatic rings. The summed E-state index contributed by atoms with van der Waals surface area (Å²) < 4.78 is 46.0. The highest BCUT2D eigenvalue weighted by molar-refractivity contribution is 5.94. The van der Waals surface area contributed by atoms with E-state index in [1.807, 2.05) is 6.07 Å². The maximum atomic E-state index is 13.6. The number of aromatic hydroxyl groups is 1. The number of nitrogens with one attached hydrogen (secondary N) is 1. The Bertz CT molecular complexity index is 1110. The zero-order valence-corrected chi connectivity index (χ0v) is 17.0. The van der Waals surface area contributed by atoms with Gasteiger partial charge < -0.3 is 15.2 Å². The van der Waals surface area contributed by atoms with Gasteiger partial charge in [0, 0.05) is 12.1 Å². The Morgan fingerprint density at radius 1 is 1.16 bits per heavy atom. The summed E-state index contributed by atoms with van der Waals surface area (Å²) in [5.74, 6) is -1.39. The van der Waals surface area contributed by atoms with Crippen LogP contribution in [0.15, 0.2) is 54.7 Å². The Balaban J connectivity index is 1.74. The van der Waals surface area contributed by atoms with Crippen molar-refractivity contribution in [2.45, 2.75) is 19.5 Å². The van der Waals surface area contributed by atoms with E-state index in [0.717, 1.165) is 11.8 Å². The first-order valence-electron chi connectivity index (χ1n) is 9.69. The number of carbonyl (C=O) groups is 2. The minimum Gasteiger partial charge on any atom is -0.508 e. The van der Waals surface area contributed by atoms with Crippen molar-refractivity contribution in [2.75, 3.05) is 13.2 Å². The number of esters is 1. The molecule has 0 radical (unpaired) electrons. The van der Waals surface area contributed by atoms with Crippen LogP contribution in [0.4, 0.5) is 13.2 Å². The van der Waals surface area contributed by atoms with Crippen molar-refractivity contribution in [1.29, 1.82) is 0 Å². The number of rotatable bonds is 7. The lowest BCUT2D eigenvalue weighted by Gasteiger charge is -2.13. The molecular weight excluding hydrogens is 427 g/mol. The highest BCUT2D eigenvalue weighted by Gasteiger charge is 2.41. The van der Waals surface area contributed by atoms with Crippen LogP contribution in [0.3, 0.4) is 0 Å². The predicted molar refractivity (Wildman–Crippen MR) is 109 cm³/mol. The second-order valence-electron chi connectivity index (χ2n) is 6.76. The van der Waals surface area contributed by atoms with Gasteiger partial charge >= 0.3 is 12.1 Å². The Labute approximate surface area is 181 Å². The molecule has 3 rings (SSSR count). The SMILES string of the molecule is CCOC(=O)c1cnn(-c2ccc(C(=O)NCCc3cccc(O)c3)cc2)c1C(F)(F)F. The summed E-state index contributed by atoms with van der Waals surface area (Å²) in [7, 11) is 0. The molecule has 168 valence electrons. The van der Waals surface area contributed by atoms with Crippen LogP contribution >= 0.6 is 0 Å². The zero-order chi connectivity index (χ0) is 23.3. The average molecular weight is 447 g/mol. The molecule has 10 heteroatoms. The molecule has 0 fully saturated rings. The number of halogens is 3. The topological polar surface area (TPSA) is 93.5 Å². The third-order valence-corrected chi connectivity index (χ3v) is 4.52. The van der Waals surface area contributed by atoms with Crippen LogP contribution in [0.5, 0.6) is 5.75 Å². The predicted octanol–water partition coefficient (Wildman–Crippen LogP) is 3.75. The van der Waals surface area contributed by atoms with Gasteiger partial charge in [-0.1, -0.05) is 12.1 Å². The molecule has 2 N–H and O–H groups in total. The standard InChI is InChI=1S/C22H20F3N3O4/c1-2-32-21(31)18-13-27-28(19(18)22(23,24)25)16-8-6-15(7-9-16)20(30)26-11-10-14-4-3-5-17(29)12-14/h3-9,12-13,29H,2,10-11H2,1H3,(H,26,30). The fraction of sp³-hybridized carbons (Fsp3) is 0.227. The molecule has 1 aromatic heterocycles. The summed E-state index contributed by atoms with van der Waals surface area (Å²) in [6.07, 6.45) is -3.54. The van der Waals surface area contributed by atoms with E-state index >= 15 is 0 Å². The molecule has 0 saturated heterocycles. The van der Waals surface area contributed by atoms with Gasteiger partial charge in [-0.3, -0.25) is 4.79 Å². The van der Waals surface area contributed by atoms with E-state index in [9.17, 15) is 27.9 Å². The van der Waals surface area contributed by atoms with Crippen LogP contribution in [0.1, 0.15) is 38.9 Å². The van der Waals surface area contributed by atoms with Gasteiger partial charge in [0.05, 0.1) is 18.5 Å². The third kappa shape index (κ3) is 5.26. The maximum Gasteiger partial charge on any atom is 0.434 e. The molecule has 1 heterocycles. The van der Waals surface area contributed by atoms with E-state index in [0.29, 0.717) is 17.6 Å². The average Bonchev–Trinajstić information content (AvgIpc) is 3.20. The monoisotopic (exact) mass is 447 g/mol. The van der Waals surface area contributed by atoms with E-state index in [1.54, 1.807) is 18.2 Å². The summed E-state index contributed by atoms with van der Waals surface area (Å²) in [6.45, 7) is 1.73. The first-order chi connectivity index (χ1) is 15.2. The molecular formula is C22H20F3N3O4. The van der Waals surface area contributed by atoms with Gasteiger partial charge in [-0.25, -0.2) is 9.48 Å². The first-order valence-corrected chi connectivity index (χ1v) is 9.69. The second-order valence-corrected chi connectivity index (χ2v) is 6.76. The van der Waals surface area contributed by atoms with Gasteiger partial charge in [-0.05, 0) is 55.3 Å². The zero-order valence-electron chi connectivity index (χ0n) is 17.0. The second kappa shape index (κ2) is 9.54. The molecule has 0 saturated carbocycles. The Morgan fingerprint density at radius 3 is 2.50 bits per heavy atom. The van der Waals surface area contributed by atoms with E-state index < -0.39 is 29.3 Å². The van der Waals surface area contributed by atoms with Crippen LogP contribution < -0.4 is 5.32 Å². The molecule has 7 nitrogen and oxygen atoms in total. The molecule has 0 unspecified atom stereocenters. The van der Waals surface area contributed by atoms with Crippen LogP contribution in [0.25, 0.3) is 5.69 Å². The number of phenolic OH excluding ortho intramolecular Hbond substituents is 1. The number of amides is 1. The minimum absolute atomic E-state index is 0.0317. The molecule has 0 aliphatic heterocycles. The molecule has 3 aromatic rings. The van der Waals surface area contributed by atoms with Gasteiger partial charge in [0.2, 0.25) is 0 Å². The Kier molecular flexibility index (Phi) is 6.82. The quantitative estimate of drug-likeness (QED) is 0.538. The van der Waals surface area contributed by atoms with Crippen molar-refractivity contribution in [3.63, 3.8) is 0 Å². The number of hydrogen-bond donors (Lipinski definition) is 2. The van der Waals surface area contributed by atoms with Crippen molar-refractivity contribution in [1.82, 2.24) is 15.1 Å². The summed E-state index contributed by atoms with van der Waals surface area (Å²) in [6, 6.07) is 12.0. The molecule has 0 atom stereocenters. The van der Waals surface area contributed by atoms with E-state index in [2.05, 4.69) is 15.2 Å². The van der Waals surface area contributed by atoms with Gasteiger partial charge in [0.15, 0.2) is 5.69 Å². The van der Waals surface area contributed by atoms with Gasteiger partial charge in [0.1, 0.15) is 11.3 Å². The smallest absolute Gasteiger partial charge is 0.434 e. The van der Waals surface area contributed by atoms with Crippen molar-refractivity contribution < 1.29 is 32.6 Å². The fourth-order valence-corrected chi connectivity index (χ4v) is 3.06. The Morgan fingerprint density at radius 2 is 1.88 bits per heavy atom. The summed E-state index contributed by atoms with van der Waals surface area (Å²) in [5.41, 5.74) is -0.816. The lowest BCUT2D eigenvalue weighted by atomic mass is 10.1. The summed E-state index contributed by atoms with van der Waals surface area (Å²) in [4.78, 5) is 24.2. The maximum absolute atomic E-state index is 13.6. The number of aromatic nitrogens is 2. The van der Waals surface area contributed by atoms with E-state index in [1.165, 1.54) is 31.2 Å². The van der Waals surface area contributed by atoms with Gasteiger partial charge in [-0.2, -0.15) is 18.3 Å². The molecule has 32 heavy (non-hydrogen) atoms.